The second-order valence-corrected chi connectivity index (χ2v) is 5.68. The minimum atomic E-state index is -0.00685. The topological polar surface area (TPSA) is 0 Å². The second kappa shape index (κ2) is 5.77. The predicted molar refractivity (Wildman–Crippen MR) is 79.8 cm³/mol. The highest BCUT2D eigenvalue weighted by Crippen LogP contribution is 2.35. The zero-order valence-corrected chi connectivity index (χ0v) is 12.0. The maximum absolute atomic E-state index is 6.37. The number of benzene rings is 2. The first-order valence-corrected chi connectivity index (χ1v) is 6.86. The summed E-state index contributed by atoms with van der Waals surface area (Å²) in [6.45, 7) is 4.09. The molecule has 0 aliphatic carbocycles. The number of hydrogen-bond acceptors (Lipinski definition) is 0. The molecule has 0 saturated heterocycles. The van der Waals surface area contributed by atoms with Crippen LogP contribution in [0.2, 0.25) is 5.02 Å². The Morgan fingerprint density at radius 2 is 1.56 bits per heavy atom. The van der Waals surface area contributed by atoms with E-state index in [2.05, 4.69) is 31.2 Å². The maximum atomic E-state index is 6.37. The highest BCUT2D eigenvalue weighted by molar-refractivity contribution is 6.31. The fourth-order valence-corrected chi connectivity index (χ4v) is 2.73. The van der Waals surface area contributed by atoms with Crippen molar-refractivity contribution >= 4 is 23.2 Å². The molecule has 0 amide bonds. The normalized spacial score (nSPS) is 14.2. The van der Waals surface area contributed by atoms with Gasteiger partial charge < -0.3 is 0 Å². The van der Waals surface area contributed by atoms with Gasteiger partial charge in [0.25, 0.3) is 0 Å². The Kier molecular flexibility index (Phi) is 4.31. The van der Waals surface area contributed by atoms with Crippen LogP contribution in [0.15, 0.2) is 48.5 Å². The van der Waals surface area contributed by atoms with Gasteiger partial charge in [-0.15, -0.1) is 11.6 Å². The summed E-state index contributed by atoms with van der Waals surface area (Å²) in [6.07, 6.45) is 0. The van der Waals surface area contributed by atoms with Gasteiger partial charge in [0, 0.05) is 16.3 Å². The summed E-state index contributed by atoms with van der Waals surface area (Å²) >= 11 is 12.7. The molecule has 2 rings (SSSR count). The zero-order valence-electron chi connectivity index (χ0n) is 10.5. The molecule has 0 heterocycles. The molecule has 0 radical (unpaired) electrons. The number of alkyl halides is 1. The molecule has 0 N–H and O–H groups in total. The van der Waals surface area contributed by atoms with E-state index in [0.29, 0.717) is 0 Å². The molecule has 18 heavy (non-hydrogen) atoms. The average molecular weight is 279 g/mol. The summed E-state index contributed by atoms with van der Waals surface area (Å²) < 4.78 is 0. The van der Waals surface area contributed by atoms with E-state index < -0.39 is 0 Å². The summed E-state index contributed by atoms with van der Waals surface area (Å²) in [5.41, 5.74) is 3.54. The average Bonchev–Trinajstić information content (AvgIpc) is 2.34. The van der Waals surface area contributed by atoms with Crippen molar-refractivity contribution in [3.05, 3.63) is 70.2 Å². The van der Waals surface area contributed by atoms with E-state index in [1.807, 2.05) is 31.2 Å². The van der Waals surface area contributed by atoms with E-state index in [1.54, 1.807) is 0 Å². The van der Waals surface area contributed by atoms with Crippen molar-refractivity contribution in [3.8, 4) is 0 Å². The molecule has 0 nitrogen and oxygen atoms in total. The molecular formula is C16H16Cl2. The predicted octanol–water partition coefficient (Wildman–Crippen LogP) is 5.41. The van der Waals surface area contributed by atoms with E-state index in [4.69, 9.17) is 23.2 Å². The SMILES string of the molecule is Cc1ccc(C(c2ccccc2Cl)C(C)Cl)cc1. The van der Waals surface area contributed by atoms with Gasteiger partial charge in [0.15, 0.2) is 0 Å². The molecule has 2 heteroatoms. The molecule has 0 spiro atoms. The van der Waals surface area contributed by atoms with Crippen LogP contribution in [0.25, 0.3) is 0 Å². The van der Waals surface area contributed by atoms with Gasteiger partial charge in [-0.25, -0.2) is 0 Å². The first-order valence-electron chi connectivity index (χ1n) is 6.04. The standard InChI is InChI=1S/C16H16Cl2/c1-11-7-9-13(10-8-11)16(12(2)17)14-5-3-4-6-15(14)18/h3-10,12,16H,1-2H3. The van der Waals surface area contributed by atoms with Crippen molar-refractivity contribution in [2.75, 3.05) is 0 Å². The largest absolute Gasteiger partial charge is 0.122 e. The Labute approximate surface area is 119 Å². The van der Waals surface area contributed by atoms with Crippen LogP contribution in [0.4, 0.5) is 0 Å². The molecule has 2 aromatic rings. The number of halogens is 2. The Bertz CT molecular complexity index is 515. The van der Waals surface area contributed by atoms with E-state index in [0.717, 1.165) is 10.6 Å². The summed E-state index contributed by atoms with van der Waals surface area (Å²) in [5.74, 6) is 0.126. The van der Waals surface area contributed by atoms with E-state index in [-0.39, 0.29) is 11.3 Å². The third kappa shape index (κ3) is 2.88. The van der Waals surface area contributed by atoms with Crippen LogP contribution in [0.3, 0.4) is 0 Å². The fraction of sp³-hybridized carbons (Fsp3) is 0.250. The lowest BCUT2D eigenvalue weighted by Gasteiger charge is -2.21. The van der Waals surface area contributed by atoms with Crippen LogP contribution in [0.1, 0.15) is 29.5 Å². The minimum Gasteiger partial charge on any atom is -0.122 e. The van der Waals surface area contributed by atoms with Gasteiger partial charge >= 0.3 is 0 Å². The Morgan fingerprint density at radius 3 is 2.11 bits per heavy atom. The lowest BCUT2D eigenvalue weighted by molar-refractivity contribution is 0.786. The van der Waals surface area contributed by atoms with Crippen molar-refractivity contribution in [2.24, 2.45) is 0 Å². The molecule has 2 unspecified atom stereocenters. The fourth-order valence-electron chi connectivity index (χ4n) is 2.19. The van der Waals surface area contributed by atoms with E-state index >= 15 is 0 Å². The van der Waals surface area contributed by atoms with Crippen LogP contribution in [-0.2, 0) is 0 Å². The zero-order chi connectivity index (χ0) is 13.1. The summed E-state index contributed by atoms with van der Waals surface area (Å²) in [4.78, 5) is 0. The highest BCUT2D eigenvalue weighted by Gasteiger charge is 2.21. The van der Waals surface area contributed by atoms with Crippen LogP contribution in [0, 0.1) is 6.92 Å². The molecule has 2 aromatic carbocycles. The Morgan fingerprint density at radius 1 is 0.944 bits per heavy atom. The van der Waals surface area contributed by atoms with Crippen LogP contribution >= 0.6 is 23.2 Å². The summed E-state index contributed by atoms with van der Waals surface area (Å²) in [7, 11) is 0. The van der Waals surface area contributed by atoms with Crippen LogP contribution in [-0.4, -0.2) is 5.38 Å². The molecule has 2 atom stereocenters. The smallest absolute Gasteiger partial charge is 0.0444 e. The highest BCUT2D eigenvalue weighted by atomic mass is 35.5. The van der Waals surface area contributed by atoms with Crippen molar-refractivity contribution in [3.63, 3.8) is 0 Å². The van der Waals surface area contributed by atoms with E-state index in [1.165, 1.54) is 11.1 Å². The van der Waals surface area contributed by atoms with Crippen LogP contribution in [0.5, 0.6) is 0 Å². The summed E-state index contributed by atoms with van der Waals surface area (Å²) in [5, 5.41) is 0.767. The van der Waals surface area contributed by atoms with Gasteiger partial charge in [-0.05, 0) is 31.0 Å². The number of hydrogen-bond donors (Lipinski definition) is 0. The Hall–Kier alpha value is -0.980. The lowest BCUT2D eigenvalue weighted by atomic mass is 9.88. The number of rotatable bonds is 3. The summed E-state index contributed by atoms with van der Waals surface area (Å²) in [6, 6.07) is 16.4. The monoisotopic (exact) mass is 278 g/mol. The lowest BCUT2D eigenvalue weighted by Crippen LogP contribution is -2.11. The number of aryl methyl sites for hydroxylation is 1. The molecule has 0 aliphatic heterocycles. The molecule has 0 saturated carbocycles. The third-order valence-electron chi connectivity index (χ3n) is 3.14. The first kappa shape index (κ1) is 13.5. The van der Waals surface area contributed by atoms with Gasteiger partial charge in [0.1, 0.15) is 0 Å². The van der Waals surface area contributed by atoms with Gasteiger partial charge in [-0.3, -0.25) is 0 Å². The third-order valence-corrected chi connectivity index (χ3v) is 3.73. The van der Waals surface area contributed by atoms with Crippen molar-refractivity contribution in [2.45, 2.75) is 25.1 Å². The second-order valence-electron chi connectivity index (χ2n) is 4.59. The van der Waals surface area contributed by atoms with Gasteiger partial charge in [0.05, 0.1) is 0 Å². The molecule has 0 fully saturated rings. The molecule has 0 bridgehead atoms. The van der Waals surface area contributed by atoms with Crippen LogP contribution < -0.4 is 0 Å². The molecular weight excluding hydrogens is 263 g/mol. The Balaban J connectivity index is 2.47. The van der Waals surface area contributed by atoms with Crippen molar-refractivity contribution in [1.82, 2.24) is 0 Å². The van der Waals surface area contributed by atoms with Gasteiger partial charge in [0.2, 0.25) is 0 Å². The van der Waals surface area contributed by atoms with Gasteiger partial charge in [-0.1, -0.05) is 59.6 Å². The molecule has 0 aromatic heterocycles. The first-order chi connectivity index (χ1) is 8.59. The van der Waals surface area contributed by atoms with E-state index in [9.17, 15) is 0 Å². The molecule has 0 aliphatic rings. The van der Waals surface area contributed by atoms with Crippen molar-refractivity contribution < 1.29 is 0 Å². The van der Waals surface area contributed by atoms with Crippen molar-refractivity contribution in [1.29, 1.82) is 0 Å². The quantitative estimate of drug-likeness (QED) is 0.659. The maximum Gasteiger partial charge on any atom is 0.0444 e. The molecule has 94 valence electrons. The van der Waals surface area contributed by atoms with Gasteiger partial charge in [-0.2, -0.15) is 0 Å². The minimum absolute atomic E-state index is 0.00685.